The Kier molecular flexibility index (Phi) is 21.9. The Morgan fingerprint density at radius 3 is 0.600 bits per heavy atom. The Labute approximate surface area is 868 Å². The first kappa shape index (κ1) is 87.8. The van der Waals surface area contributed by atoms with Crippen LogP contribution in [0, 0.1) is 0 Å². The summed E-state index contributed by atoms with van der Waals surface area (Å²) in [6.07, 6.45) is 0. The minimum Gasteiger partial charge on any atom is -0.309 e. The first-order valence-corrected chi connectivity index (χ1v) is 51.6. The molecule has 6 heteroatoms. The highest BCUT2D eigenvalue weighted by Gasteiger charge is 2.26. The third-order valence-electron chi connectivity index (χ3n) is 30.3. The molecule has 0 bridgehead atoms. The third-order valence-corrected chi connectivity index (χ3v) is 30.3. The average molecular weight is 1910 g/mol. The van der Waals surface area contributed by atoms with E-state index in [9.17, 15) is 0 Å². The molecular weight excluding hydrogens is 1810 g/mol. The summed E-state index contributed by atoms with van der Waals surface area (Å²) in [6, 6.07) is 211. The number of rotatable bonds is 15. The number of hydrogen-bond donors (Lipinski definition) is 0. The monoisotopic (exact) mass is 1910 g/mol. The van der Waals surface area contributed by atoms with Crippen molar-refractivity contribution in [3.8, 4) is 134 Å². The molecule has 0 fully saturated rings. The third kappa shape index (κ3) is 15.4. The predicted octanol–water partition coefficient (Wildman–Crippen LogP) is 38.6. The van der Waals surface area contributed by atoms with Crippen molar-refractivity contribution in [1.29, 1.82) is 0 Å². The standard InChI is InChI=1S/C54H36N2.C48H32N2.C42H28N2/c1-4-15-37(16-5-1)40-27-30-44(31-28-40)55-51-25-12-11-22-48(51)50-36-41(29-32-53(50)55)46-23-14-24-49-47-21-10-13-26-52(47)56(54(46)49)45-34-42(38-17-6-2-7-18-38)33-43(35-45)39-19-8-3-9-20-39;1-3-13-33(14-4-1)35-25-28-38(29-26-35)50-46-24-10-7-19-41(46)43-22-12-21-40(48(43)50)37-27-30-47-44(32-37)42-20-8-9-23-45(42)49(47)39-18-11-17-36(31-39)34-15-5-2-6-16-34;1-3-13-29(14-4-1)30-15-11-18-33(27-30)43-39-23-9-8-20-36(39)38-28-31(25-26-41(38)43)34-21-12-22-37-35-19-7-10-24-40(35)44(42(34)37)32-16-5-2-6-17-32/h1-36H;1-32H;1-28H. The zero-order chi connectivity index (χ0) is 99.1. The van der Waals surface area contributed by atoms with Gasteiger partial charge in [0.2, 0.25) is 0 Å². The number of hydrogen-bond acceptors (Lipinski definition) is 0. The Morgan fingerprint density at radius 1 is 0.0867 bits per heavy atom. The fourth-order valence-corrected chi connectivity index (χ4v) is 23.5. The zero-order valence-corrected chi connectivity index (χ0v) is 82.1. The van der Waals surface area contributed by atoms with Crippen LogP contribution in [0.15, 0.2) is 582 Å². The van der Waals surface area contributed by atoms with Crippen LogP contribution < -0.4 is 0 Å². The molecule has 6 aromatic heterocycles. The van der Waals surface area contributed by atoms with Crippen LogP contribution in [0.4, 0.5) is 0 Å². The molecule has 0 saturated heterocycles. The predicted molar refractivity (Wildman–Crippen MR) is 634 cm³/mol. The molecular formula is C144H96N6. The topological polar surface area (TPSA) is 29.6 Å². The molecule has 30 rings (SSSR count). The highest BCUT2D eigenvalue weighted by molar-refractivity contribution is 6.20. The normalized spacial score (nSPS) is 11.6. The SMILES string of the molecule is c1ccc(-c2ccc(-n3c4ccccc4c4cc(-c5cccc6c7ccccc7n(-c7cc(-c8ccccc8)cc(-c8ccccc8)c7)c56)ccc43)cc2)cc1.c1ccc(-c2ccc(-n3c4ccccc4c4cccc(-c5ccc6c(c5)c5ccccc5n6-c5cccc(-c6ccccc6)c5)c43)cc2)cc1.c1ccc(-c2cccc(-n3c4ccccc4c4cc(-c5cccc6c7ccccc7n(-c7ccccc7)c56)ccc43)c2)cc1. The summed E-state index contributed by atoms with van der Waals surface area (Å²) in [5.74, 6) is 0. The Balaban J connectivity index is 0.000000109. The second-order valence-corrected chi connectivity index (χ2v) is 38.9. The molecule has 0 aliphatic rings. The van der Waals surface area contributed by atoms with Crippen LogP contribution >= 0.6 is 0 Å². The van der Waals surface area contributed by atoms with E-state index in [0.717, 1.165) is 28.4 Å². The first-order chi connectivity index (χ1) is 74.4. The van der Waals surface area contributed by atoms with E-state index in [1.54, 1.807) is 0 Å². The summed E-state index contributed by atoms with van der Waals surface area (Å²) in [5, 5.41) is 15.0. The molecule has 24 aromatic carbocycles. The van der Waals surface area contributed by atoms with Crippen molar-refractivity contribution in [2.45, 2.75) is 0 Å². The molecule has 702 valence electrons. The van der Waals surface area contributed by atoms with Crippen LogP contribution in [-0.2, 0) is 0 Å². The molecule has 6 heterocycles. The van der Waals surface area contributed by atoms with Crippen molar-refractivity contribution >= 4 is 131 Å². The lowest BCUT2D eigenvalue weighted by Crippen LogP contribution is -1.97. The second-order valence-electron chi connectivity index (χ2n) is 38.9. The van der Waals surface area contributed by atoms with Crippen molar-refractivity contribution in [1.82, 2.24) is 27.4 Å². The summed E-state index contributed by atoms with van der Waals surface area (Å²) < 4.78 is 14.6. The molecule has 150 heavy (non-hydrogen) atoms. The van der Waals surface area contributed by atoms with Crippen molar-refractivity contribution < 1.29 is 0 Å². The van der Waals surface area contributed by atoms with E-state index in [1.807, 2.05) is 0 Å². The van der Waals surface area contributed by atoms with E-state index in [2.05, 4.69) is 610 Å². The minimum atomic E-state index is 1.14. The summed E-state index contributed by atoms with van der Waals surface area (Å²) >= 11 is 0. The van der Waals surface area contributed by atoms with Gasteiger partial charge in [0.05, 0.1) is 66.2 Å². The van der Waals surface area contributed by atoms with E-state index < -0.39 is 0 Å². The highest BCUT2D eigenvalue weighted by atomic mass is 15.0. The number of para-hydroxylation sites is 10. The van der Waals surface area contributed by atoms with Gasteiger partial charge in [-0.05, 0) is 235 Å². The van der Waals surface area contributed by atoms with Crippen LogP contribution in [-0.4, -0.2) is 27.4 Å². The number of aromatic nitrogens is 6. The van der Waals surface area contributed by atoms with Crippen molar-refractivity contribution in [2.75, 3.05) is 0 Å². The highest BCUT2D eigenvalue weighted by Crippen LogP contribution is 2.48. The zero-order valence-electron chi connectivity index (χ0n) is 82.1. The maximum atomic E-state index is 2.49. The molecule has 0 aliphatic carbocycles. The van der Waals surface area contributed by atoms with Crippen LogP contribution in [0.3, 0.4) is 0 Å². The van der Waals surface area contributed by atoms with Gasteiger partial charge in [-0.2, -0.15) is 0 Å². The van der Waals surface area contributed by atoms with Crippen LogP contribution in [0.1, 0.15) is 0 Å². The molecule has 30 aromatic rings. The Bertz CT molecular complexity index is 10400. The van der Waals surface area contributed by atoms with Gasteiger partial charge in [0.15, 0.2) is 0 Å². The van der Waals surface area contributed by atoms with E-state index in [4.69, 9.17) is 0 Å². The molecule has 0 saturated carbocycles. The minimum absolute atomic E-state index is 1.14. The maximum Gasteiger partial charge on any atom is 0.0619 e. The molecule has 0 N–H and O–H groups in total. The van der Waals surface area contributed by atoms with Crippen molar-refractivity contribution in [2.24, 2.45) is 0 Å². The van der Waals surface area contributed by atoms with Crippen LogP contribution in [0.25, 0.3) is 265 Å². The summed E-state index contributed by atoms with van der Waals surface area (Å²) in [7, 11) is 0. The molecule has 0 spiro atoms. The second kappa shape index (κ2) is 37.4. The summed E-state index contributed by atoms with van der Waals surface area (Å²) in [4.78, 5) is 0. The smallest absolute Gasteiger partial charge is 0.0619 e. The van der Waals surface area contributed by atoms with E-state index in [-0.39, 0.29) is 0 Å². The lowest BCUT2D eigenvalue weighted by molar-refractivity contribution is 1.18. The van der Waals surface area contributed by atoms with Crippen molar-refractivity contribution in [3.63, 3.8) is 0 Å². The Hall–Kier alpha value is -19.9. The largest absolute Gasteiger partial charge is 0.309 e. The van der Waals surface area contributed by atoms with Gasteiger partial charge in [0, 0.05) is 115 Å². The quantitative estimate of drug-likeness (QED) is 0.0979. The molecule has 0 aliphatic heterocycles. The van der Waals surface area contributed by atoms with Gasteiger partial charge in [-0.25, -0.2) is 0 Å². The molecule has 0 amide bonds. The Morgan fingerprint density at radius 2 is 0.280 bits per heavy atom. The fraction of sp³-hybridized carbons (Fsp3) is 0. The van der Waals surface area contributed by atoms with E-state index >= 15 is 0 Å². The van der Waals surface area contributed by atoms with Crippen LogP contribution in [0.2, 0.25) is 0 Å². The van der Waals surface area contributed by atoms with Gasteiger partial charge in [-0.3, -0.25) is 0 Å². The maximum absolute atomic E-state index is 2.49. The molecule has 0 radical (unpaired) electrons. The molecule has 0 atom stereocenters. The van der Waals surface area contributed by atoms with Gasteiger partial charge < -0.3 is 27.4 Å². The lowest BCUT2D eigenvalue weighted by atomic mass is 9.97. The first-order valence-electron chi connectivity index (χ1n) is 51.6. The average Bonchev–Trinajstić information content (AvgIpc) is 1.57. The lowest BCUT2D eigenvalue weighted by Gasteiger charge is -2.16. The van der Waals surface area contributed by atoms with E-state index in [1.165, 1.54) is 237 Å². The van der Waals surface area contributed by atoms with E-state index in [0.29, 0.717) is 0 Å². The molecule has 0 unspecified atom stereocenters. The van der Waals surface area contributed by atoms with Gasteiger partial charge in [-0.1, -0.05) is 431 Å². The number of benzene rings is 24. The van der Waals surface area contributed by atoms with Gasteiger partial charge >= 0.3 is 0 Å². The van der Waals surface area contributed by atoms with Gasteiger partial charge in [0.1, 0.15) is 0 Å². The van der Waals surface area contributed by atoms with Gasteiger partial charge in [-0.15, -0.1) is 0 Å². The van der Waals surface area contributed by atoms with Crippen molar-refractivity contribution in [3.05, 3.63) is 582 Å². The summed E-state index contributed by atoms with van der Waals surface area (Å²) in [6.45, 7) is 0. The fourth-order valence-electron chi connectivity index (χ4n) is 23.5. The number of fused-ring (bicyclic) bond motifs is 18. The van der Waals surface area contributed by atoms with Gasteiger partial charge in [0.25, 0.3) is 0 Å². The molecule has 6 nitrogen and oxygen atoms in total. The van der Waals surface area contributed by atoms with Crippen LogP contribution in [0.5, 0.6) is 0 Å². The summed E-state index contributed by atoms with van der Waals surface area (Å²) in [5.41, 5.74) is 43.2. The number of nitrogens with zero attached hydrogens (tertiary/aromatic N) is 6.